The molecule has 0 spiro atoms. The SMILES string of the molecule is CC[NH+](CC(=O)NC(=O)NCc1ccco1)CC(=O)Nc1ccc2c(c1)OCCO2. The van der Waals surface area contributed by atoms with Crippen molar-refractivity contribution in [2.24, 2.45) is 0 Å². The molecule has 0 saturated heterocycles. The Morgan fingerprint density at radius 2 is 1.80 bits per heavy atom. The number of furan rings is 1. The van der Waals surface area contributed by atoms with Gasteiger partial charge in [-0.2, -0.15) is 0 Å². The van der Waals surface area contributed by atoms with Gasteiger partial charge < -0.3 is 29.4 Å². The molecule has 0 saturated carbocycles. The molecule has 0 aliphatic carbocycles. The fourth-order valence-electron chi connectivity index (χ4n) is 2.89. The highest BCUT2D eigenvalue weighted by Crippen LogP contribution is 2.32. The van der Waals surface area contributed by atoms with Crippen molar-refractivity contribution in [1.82, 2.24) is 10.6 Å². The minimum absolute atomic E-state index is 0.0147. The second-order valence-corrected chi connectivity index (χ2v) is 6.67. The van der Waals surface area contributed by atoms with E-state index in [4.69, 9.17) is 13.9 Å². The lowest BCUT2D eigenvalue weighted by Crippen LogP contribution is -3.14. The lowest BCUT2D eigenvalue weighted by molar-refractivity contribution is -0.881. The van der Waals surface area contributed by atoms with Crippen molar-refractivity contribution >= 4 is 23.5 Å². The van der Waals surface area contributed by atoms with E-state index < -0.39 is 11.9 Å². The first-order chi connectivity index (χ1) is 14.5. The van der Waals surface area contributed by atoms with Crippen LogP contribution in [0.5, 0.6) is 11.5 Å². The fourth-order valence-corrected chi connectivity index (χ4v) is 2.89. The van der Waals surface area contributed by atoms with Crippen molar-refractivity contribution in [3.05, 3.63) is 42.4 Å². The summed E-state index contributed by atoms with van der Waals surface area (Å²) in [5.74, 6) is 1.07. The summed E-state index contributed by atoms with van der Waals surface area (Å²) in [6.07, 6.45) is 1.50. The van der Waals surface area contributed by atoms with E-state index in [0.29, 0.717) is 47.6 Å². The van der Waals surface area contributed by atoms with E-state index >= 15 is 0 Å². The molecule has 1 aromatic heterocycles. The van der Waals surface area contributed by atoms with Gasteiger partial charge in [0.05, 0.1) is 19.4 Å². The first-order valence-electron chi connectivity index (χ1n) is 9.66. The van der Waals surface area contributed by atoms with E-state index in [0.717, 1.165) is 0 Å². The quantitative estimate of drug-likeness (QED) is 0.477. The van der Waals surface area contributed by atoms with Gasteiger partial charge in [-0.3, -0.25) is 14.9 Å². The normalized spacial score (nSPS) is 13.2. The Balaban J connectivity index is 1.43. The Bertz CT molecular complexity index is 883. The van der Waals surface area contributed by atoms with E-state index in [-0.39, 0.29) is 25.5 Å². The Morgan fingerprint density at radius 3 is 2.53 bits per heavy atom. The van der Waals surface area contributed by atoms with Gasteiger partial charge >= 0.3 is 6.03 Å². The van der Waals surface area contributed by atoms with Gasteiger partial charge in [0, 0.05) is 11.8 Å². The van der Waals surface area contributed by atoms with Crippen LogP contribution in [0.1, 0.15) is 12.7 Å². The number of imide groups is 1. The molecule has 1 unspecified atom stereocenters. The maximum Gasteiger partial charge on any atom is 0.321 e. The zero-order valence-electron chi connectivity index (χ0n) is 16.7. The van der Waals surface area contributed by atoms with Crippen molar-refractivity contribution in [1.29, 1.82) is 0 Å². The summed E-state index contributed by atoms with van der Waals surface area (Å²) in [6.45, 7) is 3.59. The summed E-state index contributed by atoms with van der Waals surface area (Å²) in [7, 11) is 0. The molecule has 3 rings (SSSR count). The van der Waals surface area contributed by atoms with Crippen molar-refractivity contribution < 1.29 is 33.2 Å². The van der Waals surface area contributed by atoms with Crippen LogP contribution in [-0.2, 0) is 16.1 Å². The maximum atomic E-state index is 12.4. The molecule has 1 aliphatic heterocycles. The number of fused-ring (bicyclic) bond motifs is 1. The summed E-state index contributed by atoms with van der Waals surface area (Å²) in [6, 6.07) is 7.97. The number of hydrogen-bond donors (Lipinski definition) is 4. The number of ether oxygens (including phenoxy) is 2. The minimum Gasteiger partial charge on any atom is -0.486 e. The first-order valence-corrected chi connectivity index (χ1v) is 9.66. The van der Waals surface area contributed by atoms with Crippen LogP contribution >= 0.6 is 0 Å². The van der Waals surface area contributed by atoms with Crippen LogP contribution in [0.2, 0.25) is 0 Å². The number of urea groups is 1. The monoisotopic (exact) mass is 417 g/mol. The summed E-state index contributed by atoms with van der Waals surface area (Å²) >= 11 is 0. The Hall–Kier alpha value is -3.53. The molecule has 30 heavy (non-hydrogen) atoms. The van der Waals surface area contributed by atoms with Crippen LogP contribution < -0.4 is 30.3 Å². The molecule has 2 aromatic rings. The number of likely N-dealkylation sites (N-methyl/N-ethyl adjacent to an activating group) is 1. The summed E-state index contributed by atoms with van der Waals surface area (Å²) < 4.78 is 16.1. The minimum atomic E-state index is -0.618. The fraction of sp³-hybridized carbons (Fsp3) is 0.350. The standard InChI is InChI=1S/C20H24N4O6/c1-2-24(13-19(26)23-20(27)21-11-15-4-3-7-28-15)12-18(25)22-14-5-6-16-17(10-14)30-9-8-29-16/h3-7,10H,2,8-9,11-13H2,1H3,(H,22,25)(H2,21,23,26,27)/p+1. The van der Waals surface area contributed by atoms with Gasteiger partial charge in [0.25, 0.3) is 11.8 Å². The number of benzene rings is 1. The van der Waals surface area contributed by atoms with Gasteiger partial charge in [-0.15, -0.1) is 0 Å². The molecule has 0 radical (unpaired) electrons. The Morgan fingerprint density at radius 1 is 1.03 bits per heavy atom. The summed E-state index contributed by atoms with van der Waals surface area (Å²) in [4.78, 5) is 37.0. The highest BCUT2D eigenvalue weighted by molar-refractivity contribution is 5.95. The molecule has 0 bridgehead atoms. The summed E-state index contributed by atoms with van der Waals surface area (Å²) in [5.41, 5.74) is 0.585. The van der Waals surface area contributed by atoms with Crippen LogP contribution in [0.4, 0.5) is 10.5 Å². The van der Waals surface area contributed by atoms with E-state index in [2.05, 4.69) is 16.0 Å². The van der Waals surface area contributed by atoms with E-state index in [1.165, 1.54) is 6.26 Å². The molecule has 1 aliphatic rings. The zero-order valence-corrected chi connectivity index (χ0v) is 16.7. The zero-order chi connectivity index (χ0) is 21.3. The third-order valence-corrected chi connectivity index (χ3v) is 4.40. The molecule has 160 valence electrons. The van der Waals surface area contributed by atoms with Gasteiger partial charge in [-0.1, -0.05) is 0 Å². The summed E-state index contributed by atoms with van der Waals surface area (Å²) in [5, 5.41) is 7.57. The highest BCUT2D eigenvalue weighted by atomic mass is 16.6. The number of amides is 4. The van der Waals surface area contributed by atoms with E-state index in [1.807, 2.05) is 6.92 Å². The average Bonchev–Trinajstić information content (AvgIpc) is 3.25. The van der Waals surface area contributed by atoms with Gasteiger partial charge in [0.2, 0.25) is 0 Å². The van der Waals surface area contributed by atoms with E-state index in [1.54, 1.807) is 30.3 Å². The van der Waals surface area contributed by atoms with Crippen molar-refractivity contribution in [3.63, 3.8) is 0 Å². The van der Waals surface area contributed by atoms with Crippen molar-refractivity contribution in [2.45, 2.75) is 13.5 Å². The van der Waals surface area contributed by atoms with E-state index in [9.17, 15) is 14.4 Å². The van der Waals surface area contributed by atoms with Gasteiger partial charge in [0.15, 0.2) is 24.6 Å². The van der Waals surface area contributed by atoms with Gasteiger partial charge in [-0.25, -0.2) is 4.79 Å². The Labute approximate surface area is 173 Å². The second-order valence-electron chi connectivity index (χ2n) is 6.67. The Kier molecular flexibility index (Phi) is 7.28. The second kappa shape index (κ2) is 10.3. The third kappa shape index (κ3) is 6.24. The molecule has 1 atom stereocenters. The molecule has 4 N–H and O–H groups in total. The topological polar surface area (TPSA) is 123 Å². The third-order valence-electron chi connectivity index (χ3n) is 4.40. The predicted molar refractivity (Wildman–Crippen MR) is 106 cm³/mol. The number of nitrogens with one attached hydrogen (secondary N) is 4. The largest absolute Gasteiger partial charge is 0.486 e. The number of carbonyl (C=O) groups is 3. The van der Waals surface area contributed by atoms with Crippen LogP contribution in [0, 0.1) is 0 Å². The highest BCUT2D eigenvalue weighted by Gasteiger charge is 2.19. The number of quaternary nitrogens is 1. The molecule has 10 heteroatoms. The van der Waals surface area contributed by atoms with Crippen molar-refractivity contribution in [3.8, 4) is 11.5 Å². The molecule has 0 fully saturated rings. The molecule has 1 aromatic carbocycles. The number of rotatable bonds is 8. The maximum absolute atomic E-state index is 12.4. The first kappa shape index (κ1) is 21.2. The molecular formula is C20H25N4O6+. The lowest BCUT2D eigenvalue weighted by atomic mass is 10.2. The smallest absolute Gasteiger partial charge is 0.321 e. The van der Waals surface area contributed by atoms with Crippen LogP contribution in [0.15, 0.2) is 41.0 Å². The number of carbonyl (C=O) groups excluding carboxylic acids is 3. The van der Waals surface area contributed by atoms with Crippen LogP contribution in [0.25, 0.3) is 0 Å². The van der Waals surface area contributed by atoms with Gasteiger partial charge in [0.1, 0.15) is 19.0 Å². The number of hydrogen-bond acceptors (Lipinski definition) is 6. The van der Waals surface area contributed by atoms with Crippen LogP contribution in [0.3, 0.4) is 0 Å². The van der Waals surface area contributed by atoms with Crippen LogP contribution in [-0.4, -0.2) is 50.7 Å². The van der Waals surface area contributed by atoms with Crippen molar-refractivity contribution in [2.75, 3.05) is 38.2 Å². The molecule has 2 heterocycles. The lowest BCUT2D eigenvalue weighted by Gasteiger charge is -2.19. The molecular weight excluding hydrogens is 392 g/mol. The molecule has 4 amide bonds. The van der Waals surface area contributed by atoms with Gasteiger partial charge in [-0.05, 0) is 31.2 Å². The number of anilines is 1. The average molecular weight is 417 g/mol. The predicted octanol–water partition coefficient (Wildman–Crippen LogP) is -0.0799. The molecule has 10 nitrogen and oxygen atoms in total.